The van der Waals surface area contributed by atoms with Crippen molar-refractivity contribution in [3.05, 3.63) is 77.6 Å². The molecule has 8 nitrogen and oxygen atoms in total. The average molecular weight is 460 g/mol. The molecule has 1 unspecified atom stereocenters. The molecule has 1 amide bonds. The van der Waals surface area contributed by atoms with E-state index in [1.165, 1.54) is 4.90 Å². The van der Waals surface area contributed by atoms with Crippen LogP contribution in [0.4, 0.5) is 0 Å². The molecule has 2 saturated heterocycles. The van der Waals surface area contributed by atoms with E-state index >= 15 is 0 Å². The molecule has 2 N–H and O–H groups in total. The Morgan fingerprint density at radius 1 is 1.03 bits per heavy atom. The minimum atomic E-state index is -0.805. The van der Waals surface area contributed by atoms with Crippen molar-refractivity contribution < 1.29 is 24.5 Å². The van der Waals surface area contributed by atoms with Gasteiger partial charge in [-0.3, -0.25) is 19.5 Å². The van der Waals surface area contributed by atoms with Crippen LogP contribution in [0, 0.1) is 0 Å². The Kier molecular flexibility index (Phi) is 6.00. The molecule has 8 heteroatoms. The third kappa shape index (κ3) is 3.91. The second-order valence-electron chi connectivity index (χ2n) is 8.42. The molecule has 0 aliphatic carbocycles. The van der Waals surface area contributed by atoms with E-state index in [0.717, 1.165) is 18.5 Å². The molecular formula is C26H25N3O5. The van der Waals surface area contributed by atoms with Gasteiger partial charge in [0.05, 0.1) is 30.4 Å². The number of morpholine rings is 1. The number of hydrogen-bond acceptors (Lipinski definition) is 7. The number of rotatable bonds is 5. The van der Waals surface area contributed by atoms with Gasteiger partial charge in [-0.15, -0.1) is 0 Å². The van der Waals surface area contributed by atoms with E-state index in [1.807, 2.05) is 12.1 Å². The number of carbonyl (C=O) groups excluding carboxylic acids is 2. The van der Waals surface area contributed by atoms with Crippen LogP contribution in [-0.2, 0) is 14.3 Å². The summed E-state index contributed by atoms with van der Waals surface area (Å²) in [7, 11) is 0. The number of phenols is 1. The quantitative estimate of drug-likeness (QED) is 0.344. The maximum Gasteiger partial charge on any atom is 0.295 e. The molecule has 0 saturated carbocycles. The van der Waals surface area contributed by atoms with Gasteiger partial charge in [0.2, 0.25) is 0 Å². The standard InChI is InChI=1S/C26H25N3O5/c30-23-19-6-2-1-4-17(19)7-8-20(23)24(31)21-22(18-5-3-9-27-16-18)29(26(33)25(21)32)11-10-28-12-14-34-15-13-28/h1-9,16,22,30-31H,10-15H2/b24-21+. The first kappa shape index (κ1) is 22.1. The summed E-state index contributed by atoms with van der Waals surface area (Å²) < 4.78 is 5.39. The number of pyridine rings is 1. The number of fused-ring (bicyclic) bond motifs is 1. The van der Waals surface area contributed by atoms with Crippen molar-refractivity contribution in [1.82, 2.24) is 14.8 Å². The second kappa shape index (κ2) is 9.24. The Hall–Kier alpha value is -3.75. The number of likely N-dealkylation sites (tertiary alicyclic amines) is 1. The number of ether oxygens (including phenoxy) is 1. The fraction of sp³-hybridized carbons (Fsp3) is 0.269. The molecule has 0 radical (unpaired) electrons. The molecule has 5 rings (SSSR count). The highest BCUT2D eigenvalue weighted by Crippen LogP contribution is 2.41. The summed E-state index contributed by atoms with van der Waals surface area (Å²) in [5, 5.41) is 23.5. The topological polar surface area (TPSA) is 103 Å². The SMILES string of the molecule is O=C1C(=O)N(CCN2CCOCC2)C(c2cccnc2)/C1=C(\O)c1ccc2ccccc2c1O. The summed E-state index contributed by atoms with van der Waals surface area (Å²) in [4.78, 5) is 34.1. The Morgan fingerprint density at radius 3 is 2.59 bits per heavy atom. The minimum absolute atomic E-state index is 0.0504. The normalized spacial score (nSPS) is 20.8. The highest BCUT2D eigenvalue weighted by Gasteiger charge is 2.46. The average Bonchev–Trinajstić information content (AvgIpc) is 3.13. The molecule has 3 aromatic rings. The van der Waals surface area contributed by atoms with Crippen LogP contribution in [-0.4, -0.2) is 76.1 Å². The summed E-state index contributed by atoms with van der Waals surface area (Å²) >= 11 is 0. The van der Waals surface area contributed by atoms with Gasteiger partial charge in [-0.2, -0.15) is 0 Å². The lowest BCUT2D eigenvalue weighted by Crippen LogP contribution is -2.42. The number of aromatic hydroxyl groups is 1. The summed E-state index contributed by atoms with van der Waals surface area (Å²) in [6.45, 7) is 3.66. The molecule has 2 aliphatic rings. The first-order valence-corrected chi connectivity index (χ1v) is 11.3. The number of nitrogens with zero attached hydrogens (tertiary/aromatic N) is 3. The monoisotopic (exact) mass is 459 g/mol. The fourth-order valence-corrected chi connectivity index (χ4v) is 4.66. The molecule has 174 valence electrons. The number of amides is 1. The molecule has 0 bridgehead atoms. The van der Waals surface area contributed by atoms with Gasteiger partial charge in [-0.25, -0.2) is 0 Å². The largest absolute Gasteiger partial charge is 0.507 e. The summed E-state index contributed by atoms with van der Waals surface area (Å²) in [6.07, 6.45) is 3.20. The van der Waals surface area contributed by atoms with Crippen molar-refractivity contribution in [2.75, 3.05) is 39.4 Å². The second-order valence-corrected chi connectivity index (χ2v) is 8.42. The van der Waals surface area contributed by atoms with Gasteiger partial charge < -0.3 is 19.8 Å². The summed E-state index contributed by atoms with van der Waals surface area (Å²) in [6, 6.07) is 13.2. The number of carbonyl (C=O) groups is 2. The van der Waals surface area contributed by atoms with E-state index in [-0.39, 0.29) is 16.9 Å². The van der Waals surface area contributed by atoms with Crippen LogP contribution in [0.25, 0.3) is 16.5 Å². The Morgan fingerprint density at radius 2 is 1.82 bits per heavy atom. The third-order valence-electron chi connectivity index (χ3n) is 6.46. The first-order valence-electron chi connectivity index (χ1n) is 11.3. The highest BCUT2D eigenvalue weighted by atomic mass is 16.5. The van der Waals surface area contributed by atoms with E-state index in [0.29, 0.717) is 37.3 Å². The lowest BCUT2D eigenvalue weighted by molar-refractivity contribution is -0.140. The Bertz CT molecular complexity index is 1270. The zero-order valence-corrected chi connectivity index (χ0v) is 18.6. The first-order chi connectivity index (χ1) is 16.6. The van der Waals surface area contributed by atoms with Crippen molar-refractivity contribution in [2.45, 2.75) is 6.04 Å². The third-order valence-corrected chi connectivity index (χ3v) is 6.46. The zero-order valence-electron chi connectivity index (χ0n) is 18.6. The van der Waals surface area contributed by atoms with Crippen LogP contribution < -0.4 is 0 Å². The van der Waals surface area contributed by atoms with Gasteiger partial charge in [-0.1, -0.05) is 36.4 Å². The molecule has 1 atom stereocenters. The molecule has 3 heterocycles. The Balaban J connectivity index is 1.58. The van der Waals surface area contributed by atoms with Gasteiger partial charge in [0, 0.05) is 44.0 Å². The van der Waals surface area contributed by atoms with Crippen molar-refractivity contribution in [1.29, 1.82) is 0 Å². The van der Waals surface area contributed by atoms with E-state index in [2.05, 4.69) is 9.88 Å². The van der Waals surface area contributed by atoms with Crippen LogP contribution in [0.1, 0.15) is 17.2 Å². The Labute approximate surface area is 196 Å². The number of ketones is 1. The lowest BCUT2D eigenvalue weighted by Gasteiger charge is -2.30. The highest BCUT2D eigenvalue weighted by molar-refractivity contribution is 6.46. The number of aliphatic hydroxyl groups is 1. The van der Waals surface area contributed by atoms with Gasteiger partial charge >= 0.3 is 0 Å². The predicted octanol–water partition coefficient (Wildman–Crippen LogP) is 2.69. The zero-order chi connectivity index (χ0) is 23.7. The molecule has 0 spiro atoms. The molecule has 2 aliphatic heterocycles. The van der Waals surface area contributed by atoms with Crippen LogP contribution >= 0.6 is 0 Å². The number of hydrogen-bond donors (Lipinski definition) is 2. The molecular weight excluding hydrogens is 434 g/mol. The molecule has 2 fully saturated rings. The molecule has 2 aromatic carbocycles. The van der Waals surface area contributed by atoms with Crippen LogP contribution in [0.5, 0.6) is 5.75 Å². The van der Waals surface area contributed by atoms with Crippen LogP contribution in [0.2, 0.25) is 0 Å². The van der Waals surface area contributed by atoms with Gasteiger partial charge in [0.25, 0.3) is 11.7 Å². The maximum absolute atomic E-state index is 13.2. The van der Waals surface area contributed by atoms with Crippen molar-refractivity contribution >= 4 is 28.2 Å². The minimum Gasteiger partial charge on any atom is -0.507 e. The predicted molar refractivity (Wildman–Crippen MR) is 126 cm³/mol. The van der Waals surface area contributed by atoms with Gasteiger partial charge in [-0.05, 0) is 23.1 Å². The van der Waals surface area contributed by atoms with Crippen molar-refractivity contribution in [3.8, 4) is 5.75 Å². The fourth-order valence-electron chi connectivity index (χ4n) is 4.66. The van der Waals surface area contributed by atoms with Gasteiger partial charge in [0.1, 0.15) is 11.5 Å². The van der Waals surface area contributed by atoms with Gasteiger partial charge in [0.15, 0.2) is 0 Å². The van der Waals surface area contributed by atoms with Crippen LogP contribution in [0.15, 0.2) is 66.5 Å². The number of phenolic OH excluding ortho intramolecular Hbond substituents is 1. The smallest absolute Gasteiger partial charge is 0.295 e. The lowest BCUT2D eigenvalue weighted by atomic mass is 9.95. The number of benzene rings is 2. The van der Waals surface area contributed by atoms with E-state index < -0.39 is 23.5 Å². The number of Topliss-reactive ketones (excluding diaryl/α,β-unsaturated/α-hetero) is 1. The van der Waals surface area contributed by atoms with E-state index in [1.54, 1.807) is 48.8 Å². The molecule has 34 heavy (non-hydrogen) atoms. The van der Waals surface area contributed by atoms with Crippen molar-refractivity contribution in [3.63, 3.8) is 0 Å². The summed E-state index contributed by atoms with van der Waals surface area (Å²) in [5.74, 6) is -1.99. The maximum atomic E-state index is 13.2. The van der Waals surface area contributed by atoms with E-state index in [9.17, 15) is 19.8 Å². The van der Waals surface area contributed by atoms with Crippen LogP contribution in [0.3, 0.4) is 0 Å². The molecule has 1 aromatic heterocycles. The van der Waals surface area contributed by atoms with E-state index in [4.69, 9.17) is 4.74 Å². The number of aliphatic hydroxyl groups excluding tert-OH is 1. The van der Waals surface area contributed by atoms with Crippen molar-refractivity contribution in [2.24, 2.45) is 0 Å². The summed E-state index contributed by atoms with van der Waals surface area (Å²) in [5.41, 5.74) is 0.676. The number of aromatic nitrogens is 1.